The van der Waals surface area contributed by atoms with Gasteiger partial charge in [0, 0.05) is 44.2 Å². The SMILES string of the molecule is CCOC[C@@H]1CN(C(=O)c2ccncc2F)Cc2nccn2C1. The monoisotopic (exact) mass is 318 g/mol. The molecule has 6 nitrogen and oxygen atoms in total. The van der Waals surface area contributed by atoms with Crippen LogP contribution in [-0.4, -0.2) is 45.1 Å². The Labute approximate surface area is 133 Å². The molecule has 0 N–H and O–H groups in total. The van der Waals surface area contributed by atoms with Gasteiger partial charge >= 0.3 is 0 Å². The van der Waals surface area contributed by atoms with E-state index in [2.05, 4.69) is 9.97 Å². The van der Waals surface area contributed by atoms with E-state index in [0.717, 1.165) is 18.6 Å². The minimum Gasteiger partial charge on any atom is -0.381 e. The highest BCUT2D eigenvalue weighted by atomic mass is 19.1. The van der Waals surface area contributed by atoms with Crippen LogP contribution in [0.1, 0.15) is 23.1 Å². The quantitative estimate of drug-likeness (QED) is 0.861. The maximum absolute atomic E-state index is 13.9. The molecule has 2 aromatic heterocycles. The summed E-state index contributed by atoms with van der Waals surface area (Å²) in [6.07, 6.45) is 6.10. The van der Waals surface area contributed by atoms with Crippen LogP contribution in [0.25, 0.3) is 0 Å². The lowest BCUT2D eigenvalue weighted by Crippen LogP contribution is -2.36. The minimum atomic E-state index is -0.605. The van der Waals surface area contributed by atoms with Crippen LogP contribution in [0.2, 0.25) is 0 Å². The number of pyridine rings is 1. The van der Waals surface area contributed by atoms with Gasteiger partial charge in [0.15, 0.2) is 5.82 Å². The number of aromatic nitrogens is 3. The summed E-state index contributed by atoms with van der Waals surface area (Å²) in [4.78, 5) is 22.3. The number of carbonyl (C=O) groups is 1. The fraction of sp³-hybridized carbons (Fsp3) is 0.438. The van der Waals surface area contributed by atoms with Crippen LogP contribution in [-0.2, 0) is 17.8 Å². The molecule has 0 radical (unpaired) electrons. The van der Waals surface area contributed by atoms with Crippen LogP contribution in [0, 0.1) is 11.7 Å². The molecule has 23 heavy (non-hydrogen) atoms. The number of rotatable bonds is 4. The molecular formula is C16H19FN4O2. The minimum absolute atomic E-state index is 0.0372. The number of nitrogens with zero attached hydrogens (tertiary/aromatic N) is 4. The van der Waals surface area contributed by atoms with E-state index in [-0.39, 0.29) is 17.4 Å². The van der Waals surface area contributed by atoms with Crippen molar-refractivity contribution >= 4 is 5.91 Å². The smallest absolute Gasteiger partial charge is 0.257 e. The summed E-state index contributed by atoms with van der Waals surface area (Å²) in [6, 6.07) is 1.41. The van der Waals surface area contributed by atoms with Crippen molar-refractivity contribution in [3.63, 3.8) is 0 Å². The highest BCUT2D eigenvalue weighted by Gasteiger charge is 2.27. The Morgan fingerprint density at radius 1 is 1.43 bits per heavy atom. The zero-order valence-electron chi connectivity index (χ0n) is 13.0. The maximum Gasteiger partial charge on any atom is 0.257 e. The van der Waals surface area contributed by atoms with Gasteiger partial charge in [0.2, 0.25) is 0 Å². The summed E-state index contributed by atoms with van der Waals surface area (Å²) in [5, 5.41) is 0. The van der Waals surface area contributed by atoms with E-state index in [1.165, 1.54) is 12.3 Å². The van der Waals surface area contributed by atoms with Crippen molar-refractivity contribution < 1.29 is 13.9 Å². The van der Waals surface area contributed by atoms with E-state index in [9.17, 15) is 9.18 Å². The molecule has 3 rings (SSSR count). The van der Waals surface area contributed by atoms with Crippen LogP contribution in [0.3, 0.4) is 0 Å². The summed E-state index contributed by atoms with van der Waals surface area (Å²) in [7, 11) is 0. The molecule has 1 atom stereocenters. The number of imidazole rings is 1. The first kappa shape index (κ1) is 15.6. The zero-order chi connectivity index (χ0) is 16.2. The largest absolute Gasteiger partial charge is 0.381 e. The van der Waals surface area contributed by atoms with Gasteiger partial charge in [-0.05, 0) is 13.0 Å². The molecule has 1 amide bonds. The third-order valence-electron chi connectivity index (χ3n) is 3.92. The Balaban J connectivity index is 1.85. The van der Waals surface area contributed by atoms with Crippen molar-refractivity contribution in [2.75, 3.05) is 19.8 Å². The van der Waals surface area contributed by atoms with Gasteiger partial charge in [0.25, 0.3) is 5.91 Å². The van der Waals surface area contributed by atoms with Crippen molar-refractivity contribution in [2.45, 2.75) is 20.0 Å². The Morgan fingerprint density at radius 2 is 2.30 bits per heavy atom. The molecule has 7 heteroatoms. The number of halogens is 1. The number of hydrogen-bond donors (Lipinski definition) is 0. The second-order valence-electron chi connectivity index (χ2n) is 5.56. The number of amides is 1. The number of ether oxygens (including phenoxy) is 1. The maximum atomic E-state index is 13.9. The number of carbonyl (C=O) groups excluding carboxylic acids is 1. The van der Waals surface area contributed by atoms with Crippen LogP contribution in [0.15, 0.2) is 30.9 Å². The zero-order valence-corrected chi connectivity index (χ0v) is 13.0. The molecule has 0 unspecified atom stereocenters. The van der Waals surface area contributed by atoms with E-state index in [1.807, 2.05) is 17.7 Å². The van der Waals surface area contributed by atoms with Gasteiger partial charge in [-0.1, -0.05) is 0 Å². The lowest BCUT2D eigenvalue weighted by molar-refractivity contribution is 0.0614. The van der Waals surface area contributed by atoms with E-state index in [1.54, 1.807) is 11.1 Å². The van der Waals surface area contributed by atoms with Gasteiger partial charge < -0.3 is 14.2 Å². The van der Waals surface area contributed by atoms with Crippen molar-refractivity contribution in [3.05, 3.63) is 48.1 Å². The highest BCUT2D eigenvalue weighted by Crippen LogP contribution is 2.19. The number of hydrogen-bond acceptors (Lipinski definition) is 4. The molecule has 0 spiro atoms. The first-order valence-electron chi connectivity index (χ1n) is 7.65. The third kappa shape index (κ3) is 3.39. The highest BCUT2D eigenvalue weighted by molar-refractivity contribution is 5.94. The molecule has 0 aliphatic carbocycles. The molecule has 2 aromatic rings. The molecule has 0 saturated heterocycles. The molecule has 3 heterocycles. The molecule has 122 valence electrons. The first-order chi connectivity index (χ1) is 11.2. The predicted molar refractivity (Wildman–Crippen MR) is 81.1 cm³/mol. The van der Waals surface area contributed by atoms with Gasteiger partial charge in [-0.2, -0.15) is 0 Å². The average molecular weight is 318 g/mol. The Kier molecular flexibility index (Phi) is 4.66. The fourth-order valence-electron chi connectivity index (χ4n) is 2.80. The van der Waals surface area contributed by atoms with Gasteiger partial charge in [-0.15, -0.1) is 0 Å². The summed E-state index contributed by atoms with van der Waals surface area (Å²) >= 11 is 0. The molecule has 1 aliphatic heterocycles. The normalized spacial score (nSPS) is 17.7. The van der Waals surface area contributed by atoms with E-state index in [4.69, 9.17) is 4.74 Å². The Bertz CT molecular complexity index is 688. The van der Waals surface area contributed by atoms with Crippen LogP contribution < -0.4 is 0 Å². The number of fused-ring (bicyclic) bond motifs is 1. The van der Waals surface area contributed by atoms with Gasteiger partial charge in [0.1, 0.15) is 5.82 Å². The standard InChI is InChI=1S/C16H19FN4O2/c1-2-23-11-12-8-20-6-5-19-15(20)10-21(9-12)16(22)13-3-4-18-7-14(13)17/h3-7,12H,2,8-11H2,1H3/t12-/m0/s1. The Morgan fingerprint density at radius 3 is 3.09 bits per heavy atom. The average Bonchev–Trinajstić information content (AvgIpc) is 2.91. The van der Waals surface area contributed by atoms with Crippen molar-refractivity contribution in [2.24, 2.45) is 5.92 Å². The summed E-state index contributed by atoms with van der Waals surface area (Å²) in [5.41, 5.74) is 0.0372. The van der Waals surface area contributed by atoms with Crippen LogP contribution >= 0.6 is 0 Å². The fourth-order valence-corrected chi connectivity index (χ4v) is 2.80. The van der Waals surface area contributed by atoms with Crippen LogP contribution in [0.4, 0.5) is 4.39 Å². The molecule has 0 bridgehead atoms. The second kappa shape index (κ2) is 6.87. The summed E-state index contributed by atoms with van der Waals surface area (Å²) < 4.78 is 21.4. The summed E-state index contributed by atoms with van der Waals surface area (Å²) in [5.74, 6) is -0.0136. The first-order valence-corrected chi connectivity index (χ1v) is 7.65. The Hall–Kier alpha value is -2.28. The topological polar surface area (TPSA) is 60.2 Å². The second-order valence-corrected chi connectivity index (χ2v) is 5.56. The van der Waals surface area contributed by atoms with E-state index in [0.29, 0.717) is 26.3 Å². The summed E-state index contributed by atoms with van der Waals surface area (Å²) in [6.45, 7) is 4.71. The lowest BCUT2D eigenvalue weighted by atomic mass is 10.1. The van der Waals surface area contributed by atoms with Gasteiger partial charge in [0.05, 0.1) is 24.9 Å². The molecular weight excluding hydrogens is 299 g/mol. The van der Waals surface area contributed by atoms with E-state index < -0.39 is 5.82 Å². The van der Waals surface area contributed by atoms with Crippen molar-refractivity contribution in [1.82, 2.24) is 19.4 Å². The lowest BCUT2D eigenvalue weighted by Gasteiger charge is -2.24. The molecule has 0 fully saturated rings. The molecule has 1 aliphatic rings. The third-order valence-corrected chi connectivity index (χ3v) is 3.92. The van der Waals surface area contributed by atoms with Crippen molar-refractivity contribution in [3.8, 4) is 0 Å². The molecule has 0 saturated carbocycles. The molecule has 0 aromatic carbocycles. The predicted octanol–water partition coefficient (Wildman–Crippen LogP) is 1.73. The van der Waals surface area contributed by atoms with Crippen molar-refractivity contribution in [1.29, 1.82) is 0 Å². The van der Waals surface area contributed by atoms with Crippen LogP contribution in [0.5, 0.6) is 0 Å². The van der Waals surface area contributed by atoms with Gasteiger partial charge in [-0.3, -0.25) is 9.78 Å². The van der Waals surface area contributed by atoms with Gasteiger partial charge in [-0.25, -0.2) is 9.37 Å². The van der Waals surface area contributed by atoms with E-state index >= 15 is 0 Å².